The lowest BCUT2D eigenvalue weighted by molar-refractivity contribution is 0.922. The van der Waals surface area contributed by atoms with Crippen molar-refractivity contribution in [1.29, 1.82) is 0 Å². The molecule has 4 rings (SSSR count). The molecule has 0 unspecified atom stereocenters. The van der Waals surface area contributed by atoms with E-state index in [1.54, 1.807) is 0 Å². The summed E-state index contributed by atoms with van der Waals surface area (Å²) in [6.07, 6.45) is 2.20. The molecule has 0 N–H and O–H groups in total. The Kier molecular flexibility index (Phi) is 5.45. The van der Waals surface area contributed by atoms with E-state index in [0.717, 1.165) is 29.5 Å². The fourth-order valence-corrected chi connectivity index (χ4v) is 3.28. The standard InChI is InChI=1S/C24H20ClN3/c1-2-7-17-12-14-19(15-13-17)23-26-22(18-8-4-3-5-9-18)27-24(28-23)20-10-6-11-21(25)16-20/h3-6,8-16H,2,7H2,1H3. The van der Waals surface area contributed by atoms with Crippen molar-refractivity contribution in [1.82, 2.24) is 15.0 Å². The second-order valence-corrected chi connectivity index (χ2v) is 7.07. The summed E-state index contributed by atoms with van der Waals surface area (Å²) in [4.78, 5) is 14.2. The summed E-state index contributed by atoms with van der Waals surface area (Å²) in [6, 6.07) is 26.0. The van der Waals surface area contributed by atoms with Gasteiger partial charge in [0.2, 0.25) is 0 Å². The quantitative estimate of drug-likeness (QED) is 0.394. The lowest BCUT2D eigenvalue weighted by Gasteiger charge is -2.09. The molecule has 0 amide bonds. The van der Waals surface area contributed by atoms with Gasteiger partial charge in [-0.15, -0.1) is 0 Å². The molecule has 4 aromatic rings. The van der Waals surface area contributed by atoms with E-state index in [2.05, 4.69) is 31.2 Å². The number of halogens is 1. The van der Waals surface area contributed by atoms with Crippen LogP contribution < -0.4 is 0 Å². The third kappa shape index (κ3) is 4.10. The zero-order valence-corrected chi connectivity index (χ0v) is 16.4. The first-order valence-electron chi connectivity index (χ1n) is 9.39. The molecule has 138 valence electrons. The van der Waals surface area contributed by atoms with Crippen LogP contribution in [0.3, 0.4) is 0 Å². The van der Waals surface area contributed by atoms with E-state index >= 15 is 0 Å². The van der Waals surface area contributed by atoms with E-state index in [-0.39, 0.29) is 0 Å². The number of nitrogens with zero attached hydrogens (tertiary/aromatic N) is 3. The van der Waals surface area contributed by atoms with Gasteiger partial charge in [-0.1, -0.05) is 91.7 Å². The smallest absolute Gasteiger partial charge is 0.164 e. The van der Waals surface area contributed by atoms with Gasteiger partial charge in [0.25, 0.3) is 0 Å². The Morgan fingerprint density at radius 2 is 1.21 bits per heavy atom. The highest BCUT2D eigenvalue weighted by Gasteiger charge is 2.12. The zero-order chi connectivity index (χ0) is 19.3. The molecule has 0 fully saturated rings. The number of hydrogen-bond acceptors (Lipinski definition) is 3. The van der Waals surface area contributed by atoms with E-state index in [9.17, 15) is 0 Å². The fraction of sp³-hybridized carbons (Fsp3) is 0.125. The Labute approximate surface area is 170 Å². The molecule has 3 aromatic carbocycles. The topological polar surface area (TPSA) is 38.7 Å². The molecular formula is C24H20ClN3. The fourth-order valence-electron chi connectivity index (χ4n) is 3.09. The zero-order valence-electron chi connectivity index (χ0n) is 15.6. The molecule has 0 aliphatic heterocycles. The molecule has 0 bridgehead atoms. The van der Waals surface area contributed by atoms with Crippen molar-refractivity contribution in [3.63, 3.8) is 0 Å². The van der Waals surface area contributed by atoms with Crippen LogP contribution >= 0.6 is 11.6 Å². The Balaban J connectivity index is 1.84. The molecule has 28 heavy (non-hydrogen) atoms. The van der Waals surface area contributed by atoms with Crippen molar-refractivity contribution in [2.45, 2.75) is 19.8 Å². The first kappa shape index (κ1) is 18.3. The normalized spacial score (nSPS) is 10.8. The predicted octanol–water partition coefficient (Wildman–Crippen LogP) is 6.48. The van der Waals surface area contributed by atoms with E-state index < -0.39 is 0 Å². The van der Waals surface area contributed by atoms with Gasteiger partial charge < -0.3 is 0 Å². The van der Waals surface area contributed by atoms with E-state index in [1.807, 2.05) is 54.6 Å². The van der Waals surface area contributed by atoms with Crippen LogP contribution in [0.4, 0.5) is 0 Å². The lowest BCUT2D eigenvalue weighted by Crippen LogP contribution is -2.00. The van der Waals surface area contributed by atoms with E-state index in [4.69, 9.17) is 26.6 Å². The van der Waals surface area contributed by atoms with E-state index in [0.29, 0.717) is 22.5 Å². The van der Waals surface area contributed by atoms with Crippen LogP contribution in [0.2, 0.25) is 5.02 Å². The highest BCUT2D eigenvalue weighted by atomic mass is 35.5. The van der Waals surface area contributed by atoms with Crippen molar-refractivity contribution in [3.8, 4) is 34.2 Å². The van der Waals surface area contributed by atoms with Crippen molar-refractivity contribution in [2.24, 2.45) is 0 Å². The minimum absolute atomic E-state index is 0.615. The molecule has 4 heteroatoms. The maximum absolute atomic E-state index is 6.18. The van der Waals surface area contributed by atoms with Crippen LogP contribution in [0.15, 0.2) is 78.9 Å². The van der Waals surface area contributed by atoms with Crippen molar-refractivity contribution in [3.05, 3.63) is 89.4 Å². The van der Waals surface area contributed by atoms with Crippen molar-refractivity contribution < 1.29 is 0 Å². The van der Waals surface area contributed by atoms with Crippen LogP contribution in [0, 0.1) is 0 Å². The molecule has 1 aromatic heterocycles. The van der Waals surface area contributed by atoms with Gasteiger partial charge in [0, 0.05) is 21.7 Å². The van der Waals surface area contributed by atoms with Gasteiger partial charge in [-0.05, 0) is 24.1 Å². The van der Waals surface area contributed by atoms with Gasteiger partial charge in [-0.25, -0.2) is 15.0 Å². The molecule has 0 saturated heterocycles. The second-order valence-electron chi connectivity index (χ2n) is 6.63. The molecule has 0 radical (unpaired) electrons. The maximum Gasteiger partial charge on any atom is 0.164 e. The molecule has 3 nitrogen and oxygen atoms in total. The summed E-state index contributed by atoms with van der Waals surface area (Å²) in [5, 5.41) is 0.657. The molecule has 0 aliphatic rings. The van der Waals surface area contributed by atoms with Crippen LogP contribution in [-0.4, -0.2) is 15.0 Å². The Hall–Kier alpha value is -3.04. The van der Waals surface area contributed by atoms with Gasteiger partial charge in [0.1, 0.15) is 0 Å². The minimum Gasteiger partial charge on any atom is -0.208 e. The summed E-state index contributed by atoms with van der Waals surface area (Å²) in [7, 11) is 0. The van der Waals surface area contributed by atoms with Crippen molar-refractivity contribution in [2.75, 3.05) is 0 Å². The largest absolute Gasteiger partial charge is 0.208 e. The van der Waals surface area contributed by atoms with Crippen LogP contribution in [0.5, 0.6) is 0 Å². The molecule has 0 saturated carbocycles. The molecular weight excluding hydrogens is 366 g/mol. The highest BCUT2D eigenvalue weighted by Crippen LogP contribution is 2.26. The Bertz CT molecular complexity index is 1080. The number of aromatic nitrogens is 3. The van der Waals surface area contributed by atoms with Gasteiger partial charge in [0.05, 0.1) is 0 Å². The number of benzene rings is 3. The summed E-state index contributed by atoms with van der Waals surface area (Å²) < 4.78 is 0. The van der Waals surface area contributed by atoms with Crippen LogP contribution in [-0.2, 0) is 6.42 Å². The third-order valence-electron chi connectivity index (χ3n) is 4.50. The average molecular weight is 386 g/mol. The highest BCUT2D eigenvalue weighted by molar-refractivity contribution is 6.30. The first-order valence-corrected chi connectivity index (χ1v) is 9.77. The van der Waals surface area contributed by atoms with Crippen LogP contribution in [0.1, 0.15) is 18.9 Å². The molecule has 0 atom stereocenters. The third-order valence-corrected chi connectivity index (χ3v) is 4.74. The number of rotatable bonds is 5. The maximum atomic E-state index is 6.18. The lowest BCUT2D eigenvalue weighted by atomic mass is 10.1. The summed E-state index contributed by atoms with van der Waals surface area (Å²) >= 11 is 6.18. The summed E-state index contributed by atoms with van der Waals surface area (Å²) in [5.41, 5.74) is 4.12. The average Bonchev–Trinajstić information content (AvgIpc) is 2.75. The molecule has 0 spiro atoms. The SMILES string of the molecule is CCCc1ccc(-c2nc(-c3ccccc3)nc(-c3cccc(Cl)c3)n2)cc1. The van der Waals surface area contributed by atoms with Gasteiger partial charge in [-0.2, -0.15) is 0 Å². The van der Waals surface area contributed by atoms with Gasteiger partial charge >= 0.3 is 0 Å². The summed E-state index contributed by atoms with van der Waals surface area (Å²) in [6.45, 7) is 2.18. The minimum atomic E-state index is 0.615. The van der Waals surface area contributed by atoms with Gasteiger partial charge in [-0.3, -0.25) is 0 Å². The Morgan fingerprint density at radius 1 is 0.643 bits per heavy atom. The monoisotopic (exact) mass is 385 g/mol. The first-order chi connectivity index (χ1) is 13.7. The predicted molar refractivity (Wildman–Crippen MR) is 115 cm³/mol. The number of aryl methyl sites for hydroxylation is 1. The molecule has 0 aliphatic carbocycles. The summed E-state index contributed by atoms with van der Waals surface area (Å²) in [5.74, 6) is 1.93. The molecule has 1 heterocycles. The van der Waals surface area contributed by atoms with Gasteiger partial charge in [0.15, 0.2) is 17.5 Å². The van der Waals surface area contributed by atoms with Crippen molar-refractivity contribution >= 4 is 11.6 Å². The number of hydrogen-bond donors (Lipinski definition) is 0. The second kappa shape index (κ2) is 8.32. The Morgan fingerprint density at radius 3 is 1.82 bits per heavy atom. The van der Waals surface area contributed by atoms with E-state index in [1.165, 1.54) is 5.56 Å². The van der Waals surface area contributed by atoms with Crippen LogP contribution in [0.25, 0.3) is 34.2 Å².